The maximum atomic E-state index is 4.05. The van der Waals surface area contributed by atoms with E-state index in [0.717, 1.165) is 12.2 Å². The molecule has 21 heavy (non-hydrogen) atoms. The number of hydrogen-bond donors (Lipinski definition) is 1. The number of rotatable bonds is 3. The van der Waals surface area contributed by atoms with E-state index < -0.39 is 0 Å². The lowest BCUT2D eigenvalue weighted by Crippen LogP contribution is -2.02. The first-order valence-electron chi connectivity index (χ1n) is 6.78. The fourth-order valence-corrected chi connectivity index (χ4v) is 2.61. The predicted octanol–water partition coefficient (Wildman–Crippen LogP) is 2.87. The number of aromatic nitrogens is 5. The number of fused-ring (bicyclic) bond motifs is 1. The highest BCUT2D eigenvalue weighted by Gasteiger charge is 2.13. The molecule has 102 valence electrons. The quantitative estimate of drug-likeness (QED) is 0.625. The van der Waals surface area contributed by atoms with Crippen molar-refractivity contribution in [2.45, 2.75) is 6.54 Å². The van der Waals surface area contributed by atoms with Crippen molar-refractivity contribution in [3.05, 3.63) is 66.2 Å². The number of nitrogens with zero attached hydrogens (tertiary/aromatic N) is 4. The molecule has 2 heterocycles. The van der Waals surface area contributed by atoms with E-state index in [1.54, 1.807) is 0 Å². The summed E-state index contributed by atoms with van der Waals surface area (Å²) in [4.78, 5) is 0. The summed E-state index contributed by atoms with van der Waals surface area (Å²) in [7, 11) is 0. The lowest BCUT2D eigenvalue weighted by Gasteiger charge is -2.09. The summed E-state index contributed by atoms with van der Waals surface area (Å²) in [6.07, 6.45) is 0. The summed E-state index contributed by atoms with van der Waals surface area (Å²) in [6, 6.07) is 20.8. The maximum Gasteiger partial charge on any atom is 0.196 e. The maximum absolute atomic E-state index is 4.05. The van der Waals surface area contributed by atoms with Crippen molar-refractivity contribution in [2.75, 3.05) is 0 Å². The zero-order chi connectivity index (χ0) is 14.1. The molecule has 0 saturated carbocycles. The minimum atomic E-state index is 0.683. The molecule has 0 amide bonds. The molecule has 0 radical (unpaired) electrons. The molecule has 4 rings (SSSR count). The van der Waals surface area contributed by atoms with Gasteiger partial charge in [-0.25, -0.2) is 5.10 Å². The molecule has 0 bridgehead atoms. The van der Waals surface area contributed by atoms with E-state index in [-0.39, 0.29) is 0 Å². The first-order valence-corrected chi connectivity index (χ1v) is 6.78. The number of H-pyrrole nitrogens is 1. The van der Waals surface area contributed by atoms with Gasteiger partial charge in [0, 0.05) is 17.4 Å². The van der Waals surface area contributed by atoms with Crippen LogP contribution in [0.15, 0.2) is 60.7 Å². The number of para-hydroxylation sites is 1. The van der Waals surface area contributed by atoms with Crippen molar-refractivity contribution in [3.8, 4) is 11.5 Å². The van der Waals surface area contributed by atoms with Crippen LogP contribution >= 0.6 is 0 Å². The molecule has 2 aromatic carbocycles. The monoisotopic (exact) mass is 275 g/mol. The van der Waals surface area contributed by atoms with Crippen molar-refractivity contribution in [3.63, 3.8) is 0 Å². The van der Waals surface area contributed by atoms with Gasteiger partial charge in [0.25, 0.3) is 0 Å². The Hall–Kier alpha value is -2.95. The van der Waals surface area contributed by atoms with E-state index in [1.165, 1.54) is 16.5 Å². The Morgan fingerprint density at radius 2 is 1.76 bits per heavy atom. The normalized spacial score (nSPS) is 11.0. The first kappa shape index (κ1) is 11.8. The van der Waals surface area contributed by atoms with Crippen LogP contribution in [-0.2, 0) is 6.54 Å². The van der Waals surface area contributed by atoms with Crippen LogP contribution < -0.4 is 0 Å². The Balaban J connectivity index is 1.91. The number of nitrogens with one attached hydrogen (secondary N) is 1. The topological polar surface area (TPSA) is 59.4 Å². The summed E-state index contributed by atoms with van der Waals surface area (Å²) < 4.78 is 2.23. The summed E-state index contributed by atoms with van der Waals surface area (Å²) in [5, 5.41) is 15.4. The zero-order valence-electron chi connectivity index (χ0n) is 11.3. The van der Waals surface area contributed by atoms with Gasteiger partial charge >= 0.3 is 0 Å². The first-order chi connectivity index (χ1) is 10.4. The van der Waals surface area contributed by atoms with Gasteiger partial charge in [0.15, 0.2) is 5.82 Å². The van der Waals surface area contributed by atoms with E-state index in [2.05, 4.69) is 67.7 Å². The SMILES string of the molecule is c1ccc(Cn2c(-c3nnn[nH]3)cc3ccccc32)cc1. The Bertz CT molecular complexity index is 862. The van der Waals surface area contributed by atoms with Gasteiger partial charge in [0.05, 0.1) is 5.69 Å². The molecule has 4 aromatic rings. The van der Waals surface area contributed by atoms with Crippen LogP contribution in [0.1, 0.15) is 5.56 Å². The van der Waals surface area contributed by atoms with Crippen LogP contribution in [0.5, 0.6) is 0 Å². The van der Waals surface area contributed by atoms with E-state index in [9.17, 15) is 0 Å². The van der Waals surface area contributed by atoms with Crippen molar-refractivity contribution in [1.82, 2.24) is 25.2 Å². The third-order valence-corrected chi connectivity index (χ3v) is 3.58. The Morgan fingerprint density at radius 1 is 0.952 bits per heavy atom. The van der Waals surface area contributed by atoms with Gasteiger partial charge in [0.2, 0.25) is 0 Å². The van der Waals surface area contributed by atoms with E-state index >= 15 is 0 Å². The summed E-state index contributed by atoms with van der Waals surface area (Å²) in [5.74, 6) is 0.683. The molecule has 2 aromatic heterocycles. The highest BCUT2D eigenvalue weighted by molar-refractivity contribution is 5.85. The van der Waals surface area contributed by atoms with Crippen LogP contribution in [-0.4, -0.2) is 25.2 Å². The molecule has 0 aliphatic heterocycles. The highest BCUT2D eigenvalue weighted by atomic mass is 15.5. The van der Waals surface area contributed by atoms with Crippen molar-refractivity contribution >= 4 is 10.9 Å². The second kappa shape index (κ2) is 4.86. The Morgan fingerprint density at radius 3 is 2.57 bits per heavy atom. The number of hydrogen-bond acceptors (Lipinski definition) is 3. The third kappa shape index (κ3) is 2.08. The average molecular weight is 275 g/mol. The minimum Gasteiger partial charge on any atom is -0.333 e. The van der Waals surface area contributed by atoms with E-state index in [1.807, 2.05) is 18.2 Å². The predicted molar refractivity (Wildman–Crippen MR) is 80.7 cm³/mol. The standard InChI is InChI=1S/C16H13N5/c1-2-6-12(7-3-1)11-21-14-9-5-4-8-13(14)10-15(21)16-17-19-20-18-16/h1-10H,11H2,(H,17,18,19,20). The van der Waals surface area contributed by atoms with E-state index in [0.29, 0.717) is 5.82 Å². The van der Waals surface area contributed by atoms with Gasteiger partial charge in [-0.3, -0.25) is 0 Å². The molecular weight excluding hydrogens is 262 g/mol. The summed E-state index contributed by atoms with van der Waals surface area (Å²) >= 11 is 0. The smallest absolute Gasteiger partial charge is 0.196 e. The van der Waals surface area contributed by atoms with Gasteiger partial charge in [-0.15, -0.1) is 5.10 Å². The van der Waals surface area contributed by atoms with Gasteiger partial charge in [0.1, 0.15) is 0 Å². The molecule has 1 N–H and O–H groups in total. The zero-order valence-corrected chi connectivity index (χ0v) is 11.3. The molecule has 0 spiro atoms. The molecular formula is C16H13N5. The summed E-state index contributed by atoms with van der Waals surface area (Å²) in [6.45, 7) is 0.782. The van der Waals surface area contributed by atoms with Crippen LogP contribution in [0.4, 0.5) is 0 Å². The van der Waals surface area contributed by atoms with Crippen molar-refractivity contribution < 1.29 is 0 Å². The highest BCUT2D eigenvalue weighted by Crippen LogP contribution is 2.26. The second-order valence-electron chi connectivity index (χ2n) is 4.91. The van der Waals surface area contributed by atoms with Gasteiger partial charge < -0.3 is 4.57 Å². The lowest BCUT2D eigenvalue weighted by atomic mass is 10.2. The average Bonchev–Trinajstić information content (AvgIpc) is 3.16. The lowest BCUT2D eigenvalue weighted by molar-refractivity contribution is 0.837. The third-order valence-electron chi connectivity index (χ3n) is 3.58. The Labute approximate surface area is 121 Å². The van der Waals surface area contributed by atoms with Crippen LogP contribution in [0, 0.1) is 0 Å². The van der Waals surface area contributed by atoms with Gasteiger partial charge in [-0.2, -0.15) is 0 Å². The summed E-state index contributed by atoms with van der Waals surface area (Å²) in [5.41, 5.74) is 3.41. The van der Waals surface area contributed by atoms with Gasteiger partial charge in [-0.05, 0) is 28.1 Å². The largest absolute Gasteiger partial charge is 0.333 e. The van der Waals surface area contributed by atoms with E-state index in [4.69, 9.17) is 0 Å². The number of aromatic amines is 1. The van der Waals surface area contributed by atoms with Crippen LogP contribution in [0.25, 0.3) is 22.4 Å². The minimum absolute atomic E-state index is 0.683. The fraction of sp³-hybridized carbons (Fsp3) is 0.0625. The number of tetrazole rings is 1. The molecule has 5 heteroatoms. The van der Waals surface area contributed by atoms with Gasteiger partial charge in [-0.1, -0.05) is 48.5 Å². The molecule has 0 fully saturated rings. The molecule has 5 nitrogen and oxygen atoms in total. The Kier molecular flexibility index (Phi) is 2.74. The second-order valence-corrected chi connectivity index (χ2v) is 4.91. The van der Waals surface area contributed by atoms with Crippen LogP contribution in [0.2, 0.25) is 0 Å². The molecule has 0 atom stereocenters. The molecule has 0 saturated heterocycles. The van der Waals surface area contributed by atoms with Crippen molar-refractivity contribution in [1.29, 1.82) is 0 Å². The molecule has 0 aliphatic rings. The van der Waals surface area contributed by atoms with Crippen LogP contribution in [0.3, 0.4) is 0 Å². The molecule has 0 aliphatic carbocycles. The number of benzene rings is 2. The fourth-order valence-electron chi connectivity index (χ4n) is 2.61. The van der Waals surface area contributed by atoms with Crippen molar-refractivity contribution in [2.24, 2.45) is 0 Å². The molecule has 0 unspecified atom stereocenters.